The summed E-state index contributed by atoms with van der Waals surface area (Å²) in [5.41, 5.74) is 6.11. The molecule has 2 atom stereocenters. The van der Waals surface area contributed by atoms with Gasteiger partial charge in [0.2, 0.25) is 0 Å². The van der Waals surface area contributed by atoms with Gasteiger partial charge in [0.25, 0.3) is 0 Å². The Morgan fingerprint density at radius 2 is 2.17 bits per heavy atom. The zero-order chi connectivity index (χ0) is 13.3. The lowest BCUT2D eigenvalue weighted by Crippen LogP contribution is -2.47. The van der Waals surface area contributed by atoms with Crippen LogP contribution >= 0.6 is 15.9 Å². The van der Waals surface area contributed by atoms with Crippen LogP contribution in [0.5, 0.6) is 0 Å². The molecule has 0 aromatic heterocycles. The maximum Gasteiger partial charge on any atom is 0.144 e. The van der Waals surface area contributed by atoms with E-state index in [1.54, 1.807) is 0 Å². The Kier molecular flexibility index (Phi) is 4.35. The van der Waals surface area contributed by atoms with Crippen molar-refractivity contribution in [3.8, 4) is 0 Å². The molecular formula is C13H17BrF2N2. The molecular weight excluding hydrogens is 302 g/mol. The molecule has 2 rings (SSSR count). The number of benzene rings is 1. The predicted octanol–water partition coefficient (Wildman–Crippen LogP) is 2.90. The number of halogens is 3. The van der Waals surface area contributed by atoms with E-state index in [4.69, 9.17) is 5.73 Å². The molecule has 0 bridgehead atoms. The number of rotatable bonds is 2. The highest BCUT2D eigenvalue weighted by molar-refractivity contribution is 9.10. The molecule has 0 aliphatic carbocycles. The van der Waals surface area contributed by atoms with Crippen LogP contribution < -0.4 is 5.73 Å². The molecule has 2 nitrogen and oxygen atoms in total. The molecule has 0 amide bonds. The summed E-state index contributed by atoms with van der Waals surface area (Å²) in [6.45, 7) is 3.91. The Hall–Kier alpha value is -0.520. The second-order valence-electron chi connectivity index (χ2n) is 4.99. The predicted molar refractivity (Wildman–Crippen MR) is 71.1 cm³/mol. The Morgan fingerprint density at radius 1 is 1.44 bits per heavy atom. The molecule has 1 heterocycles. The van der Waals surface area contributed by atoms with E-state index in [-0.39, 0.29) is 18.2 Å². The average molecular weight is 319 g/mol. The molecule has 5 heteroatoms. The van der Waals surface area contributed by atoms with Gasteiger partial charge >= 0.3 is 0 Å². The van der Waals surface area contributed by atoms with Crippen LogP contribution in [0.3, 0.4) is 0 Å². The van der Waals surface area contributed by atoms with Gasteiger partial charge in [-0.15, -0.1) is 0 Å². The van der Waals surface area contributed by atoms with Crippen molar-refractivity contribution in [2.24, 2.45) is 11.7 Å². The molecule has 1 fully saturated rings. The molecule has 1 aromatic carbocycles. The first kappa shape index (κ1) is 13.9. The third-order valence-electron chi connectivity index (χ3n) is 3.62. The maximum absolute atomic E-state index is 13.8. The average Bonchev–Trinajstić information content (AvgIpc) is 2.34. The molecule has 1 aliphatic rings. The summed E-state index contributed by atoms with van der Waals surface area (Å²) in [6.07, 6.45) is 0.971. The highest BCUT2D eigenvalue weighted by Gasteiger charge is 2.25. The van der Waals surface area contributed by atoms with Gasteiger partial charge in [-0.05, 0) is 46.9 Å². The van der Waals surface area contributed by atoms with Crippen LogP contribution in [0.1, 0.15) is 18.9 Å². The van der Waals surface area contributed by atoms with Gasteiger partial charge in [-0.3, -0.25) is 4.90 Å². The minimum absolute atomic E-state index is 0.0806. The number of likely N-dealkylation sites (tertiary alicyclic amines) is 1. The van der Waals surface area contributed by atoms with Gasteiger partial charge in [0, 0.05) is 24.7 Å². The van der Waals surface area contributed by atoms with Gasteiger partial charge in [0.05, 0.1) is 4.47 Å². The van der Waals surface area contributed by atoms with Gasteiger partial charge in [-0.1, -0.05) is 6.92 Å². The fourth-order valence-corrected chi connectivity index (χ4v) is 2.62. The normalized spacial score (nSPS) is 25.4. The molecule has 2 unspecified atom stereocenters. The van der Waals surface area contributed by atoms with Crippen LogP contribution in [0.15, 0.2) is 16.6 Å². The Balaban J connectivity index is 2.13. The molecule has 1 saturated heterocycles. The van der Waals surface area contributed by atoms with E-state index >= 15 is 0 Å². The van der Waals surface area contributed by atoms with E-state index in [1.807, 2.05) is 4.90 Å². The van der Waals surface area contributed by atoms with Crippen molar-refractivity contribution in [3.63, 3.8) is 0 Å². The van der Waals surface area contributed by atoms with Crippen LogP contribution in [0.25, 0.3) is 0 Å². The molecule has 2 N–H and O–H groups in total. The number of piperidine rings is 1. The highest BCUT2D eigenvalue weighted by Crippen LogP contribution is 2.24. The minimum atomic E-state index is -0.512. The van der Waals surface area contributed by atoms with Crippen LogP contribution in [0.2, 0.25) is 0 Å². The lowest BCUT2D eigenvalue weighted by molar-refractivity contribution is 0.159. The number of hydrogen-bond donors (Lipinski definition) is 1. The molecule has 18 heavy (non-hydrogen) atoms. The minimum Gasteiger partial charge on any atom is -0.326 e. The molecule has 0 radical (unpaired) electrons. The molecule has 1 aromatic rings. The van der Waals surface area contributed by atoms with Crippen LogP contribution in [-0.2, 0) is 6.54 Å². The van der Waals surface area contributed by atoms with E-state index in [0.29, 0.717) is 16.9 Å². The number of hydrogen-bond acceptors (Lipinski definition) is 2. The van der Waals surface area contributed by atoms with Gasteiger partial charge < -0.3 is 5.73 Å². The second-order valence-corrected chi connectivity index (χ2v) is 5.84. The van der Waals surface area contributed by atoms with Crippen molar-refractivity contribution in [1.82, 2.24) is 4.90 Å². The Bertz CT molecular complexity index is 439. The largest absolute Gasteiger partial charge is 0.326 e. The van der Waals surface area contributed by atoms with Crippen LogP contribution in [0, 0.1) is 17.6 Å². The second kappa shape index (κ2) is 5.63. The third kappa shape index (κ3) is 2.90. The monoisotopic (exact) mass is 318 g/mol. The summed E-state index contributed by atoms with van der Waals surface area (Å²) in [7, 11) is 0. The van der Waals surface area contributed by atoms with Crippen LogP contribution in [0.4, 0.5) is 8.78 Å². The van der Waals surface area contributed by atoms with Crippen molar-refractivity contribution in [2.45, 2.75) is 25.9 Å². The lowest BCUT2D eigenvalue weighted by atomic mass is 9.94. The summed E-state index contributed by atoms with van der Waals surface area (Å²) in [4.78, 5) is 2.01. The zero-order valence-corrected chi connectivity index (χ0v) is 11.9. The fraction of sp³-hybridized carbons (Fsp3) is 0.538. The standard InChI is InChI=1S/C13H17BrF2N2/c1-8-4-5-18(7-12(8)17)6-9-11(15)3-2-10(14)13(9)16/h2-3,8,12H,4-7,17H2,1H3. The summed E-state index contributed by atoms with van der Waals surface area (Å²) >= 11 is 3.08. The Labute approximate surface area is 114 Å². The topological polar surface area (TPSA) is 29.3 Å². The number of nitrogens with two attached hydrogens (primary N) is 1. The summed E-state index contributed by atoms with van der Waals surface area (Å²) < 4.78 is 27.8. The Morgan fingerprint density at radius 3 is 2.83 bits per heavy atom. The summed E-state index contributed by atoms with van der Waals surface area (Å²) in [6, 6.07) is 2.75. The van der Waals surface area contributed by atoms with Crippen molar-refractivity contribution in [1.29, 1.82) is 0 Å². The van der Waals surface area contributed by atoms with E-state index in [9.17, 15) is 8.78 Å². The van der Waals surface area contributed by atoms with Crippen LogP contribution in [-0.4, -0.2) is 24.0 Å². The van der Waals surface area contributed by atoms with Crippen molar-refractivity contribution in [2.75, 3.05) is 13.1 Å². The lowest BCUT2D eigenvalue weighted by Gasteiger charge is -2.35. The first-order chi connectivity index (χ1) is 8.49. The van der Waals surface area contributed by atoms with E-state index in [2.05, 4.69) is 22.9 Å². The van der Waals surface area contributed by atoms with Crippen molar-refractivity contribution >= 4 is 15.9 Å². The smallest absolute Gasteiger partial charge is 0.144 e. The number of nitrogens with zero attached hydrogens (tertiary/aromatic N) is 1. The van der Waals surface area contributed by atoms with Gasteiger partial charge in [-0.25, -0.2) is 8.78 Å². The fourth-order valence-electron chi connectivity index (χ4n) is 2.25. The molecule has 100 valence electrons. The van der Waals surface area contributed by atoms with Gasteiger partial charge in [0.1, 0.15) is 11.6 Å². The van der Waals surface area contributed by atoms with E-state index < -0.39 is 11.6 Å². The first-order valence-corrected chi connectivity index (χ1v) is 6.88. The van der Waals surface area contributed by atoms with Crippen molar-refractivity contribution < 1.29 is 8.78 Å². The third-order valence-corrected chi connectivity index (χ3v) is 4.23. The van der Waals surface area contributed by atoms with Gasteiger partial charge in [-0.2, -0.15) is 0 Å². The van der Waals surface area contributed by atoms with E-state index in [1.165, 1.54) is 12.1 Å². The molecule has 1 aliphatic heterocycles. The highest BCUT2D eigenvalue weighted by atomic mass is 79.9. The molecule has 0 spiro atoms. The quantitative estimate of drug-likeness (QED) is 0.850. The summed E-state index contributed by atoms with van der Waals surface area (Å²) in [5, 5.41) is 0. The molecule has 0 saturated carbocycles. The zero-order valence-electron chi connectivity index (χ0n) is 10.3. The maximum atomic E-state index is 13.8. The van der Waals surface area contributed by atoms with Crippen molar-refractivity contribution in [3.05, 3.63) is 33.8 Å². The summed E-state index contributed by atoms with van der Waals surface area (Å²) in [5.74, 6) is -0.538. The SMILES string of the molecule is CC1CCN(Cc2c(F)ccc(Br)c2F)CC1N. The van der Waals surface area contributed by atoms with E-state index in [0.717, 1.165) is 13.0 Å². The first-order valence-electron chi connectivity index (χ1n) is 6.09. The van der Waals surface area contributed by atoms with Gasteiger partial charge in [0.15, 0.2) is 0 Å².